The van der Waals surface area contributed by atoms with Crippen LogP contribution in [0.1, 0.15) is 27.6 Å². The number of benzene rings is 2. The van der Waals surface area contributed by atoms with Crippen molar-refractivity contribution in [1.82, 2.24) is 15.5 Å². The molecule has 27 heavy (non-hydrogen) atoms. The van der Waals surface area contributed by atoms with E-state index in [0.29, 0.717) is 36.0 Å². The Kier molecular flexibility index (Phi) is 6.04. The van der Waals surface area contributed by atoms with Crippen LogP contribution in [0.4, 0.5) is 0 Å². The number of nitrogens with one attached hydrogen (secondary N) is 1. The summed E-state index contributed by atoms with van der Waals surface area (Å²) in [7, 11) is 1.64. The van der Waals surface area contributed by atoms with Gasteiger partial charge < -0.3 is 19.3 Å². The standard InChI is InChI=1S/C20H21N3O4/c1-14-22-19(23-27-14)13-26-18-10-6-4-8-16(18)20(24)21-12-11-15-7-3-5-9-17(15)25-2/h3-10H,11-13H2,1-2H3,(H,21,24). The van der Waals surface area contributed by atoms with E-state index in [-0.39, 0.29) is 12.5 Å². The van der Waals surface area contributed by atoms with Crippen molar-refractivity contribution in [3.63, 3.8) is 0 Å². The average Bonchev–Trinajstić information content (AvgIpc) is 3.12. The molecule has 1 aromatic heterocycles. The van der Waals surface area contributed by atoms with Gasteiger partial charge in [0.15, 0.2) is 6.61 Å². The van der Waals surface area contributed by atoms with Crippen molar-refractivity contribution in [2.75, 3.05) is 13.7 Å². The maximum atomic E-state index is 12.6. The quantitative estimate of drug-likeness (QED) is 0.659. The Labute approximate surface area is 157 Å². The van der Waals surface area contributed by atoms with Gasteiger partial charge >= 0.3 is 0 Å². The summed E-state index contributed by atoms with van der Waals surface area (Å²) in [6.45, 7) is 2.32. The van der Waals surface area contributed by atoms with E-state index < -0.39 is 0 Å². The third kappa shape index (κ3) is 4.84. The van der Waals surface area contributed by atoms with Gasteiger partial charge in [0.05, 0.1) is 12.7 Å². The summed E-state index contributed by atoms with van der Waals surface area (Å²) in [5.74, 6) is 1.97. The van der Waals surface area contributed by atoms with Crippen molar-refractivity contribution in [2.24, 2.45) is 0 Å². The largest absolute Gasteiger partial charge is 0.496 e. The number of aromatic nitrogens is 2. The zero-order valence-electron chi connectivity index (χ0n) is 15.3. The summed E-state index contributed by atoms with van der Waals surface area (Å²) < 4.78 is 15.9. The van der Waals surface area contributed by atoms with Gasteiger partial charge in [0.1, 0.15) is 11.5 Å². The third-order valence-corrected chi connectivity index (χ3v) is 3.93. The van der Waals surface area contributed by atoms with Gasteiger partial charge in [-0.25, -0.2) is 0 Å². The molecule has 3 aromatic rings. The molecule has 1 amide bonds. The predicted molar refractivity (Wildman–Crippen MR) is 98.8 cm³/mol. The second kappa shape index (κ2) is 8.84. The van der Waals surface area contributed by atoms with Gasteiger partial charge in [0.25, 0.3) is 5.91 Å². The minimum absolute atomic E-state index is 0.128. The number of methoxy groups -OCH3 is 1. The first-order chi connectivity index (χ1) is 13.2. The normalized spacial score (nSPS) is 10.4. The van der Waals surface area contributed by atoms with E-state index in [2.05, 4.69) is 15.5 Å². The van der Waals surface area contributed by atoms with E-state index in [9.17, 15) is 4.79 Å². The molecular formula is C20H21N3O4. The maximum absolute atomic E-state index is 12.6. The van der Waals surface area contributed by atoms with E-state index in [1.165, 1.54) is 0 Å². The monoisotopic (exact) mass is 367 g/mol. The van der Waals surface area contributed by atoms with Crippen molar-refractivity contribution in [3.8, 4) is 11.5 Å². The highest BCUT2D eigenvalue weighted by molar-refractivity contribution is 5.96. The minimum Gasteiger partial charge on any atom is -0.496 e. The Morgan fingerprint density at radius 3 is 2.59 bits per heavy atom. The number of hydrogen-bond donors (Lipinski definition) is 1. The zero-order chi connectivity index (χ0) is 19.1. The van der Waals surface area contributed by atoms with Crippen molar-refractivity contribution < 1.29 is 18.8 Å². The second-order valence-corrected chi connectivity index (χ2v) is 5.83. The van der Waals surface area contributed by atoms with E-state index in [1.807, 2.05) is 30.3 Å². The molecule has 0 saturated carbocycles. The molecule has 3 rings (SSSR count). The van der Waals surface area contributed by atoms with Crippen LogP contribution in [0.3, 0.4) is 0 Å². The predicted octanol–water partition coefficient (Wildman–Crippen LogP) is 2.94. The minimum atomic E-state index is -0.204. The molecule has 0 aliphatic heterocycles. The lowest BCUT2D eigenvalue weighted by atomic mass is 10.1. The van der Waals surface area contributed by atoms with Crippen molar-refractivity contribution in [3.05, 3.63) is 71.4 Å². The number of carbonyl (C=O) groups is 1. The number of amides is 1. The van der Waals surface area contributed by atoms with Gasteiger partial charge in [0, 0.05) is 13.5 Å². The van der Waals surface area contributed by atoms with Crippen molar-refractivity contribution >= 4 is 5.91 Å². The first-order valence-corrected chi connectivity index (χ1v) is 8.58. The van der Waals surface area contributed by atoms with Crippen LogP contribution in [0, 0.1) is 6.92 Å². The number of rotatable bonds is 8. The lowest BCUT2D eigenvalue weighted by molar-refractivity contribution is 0.0949. The highest BCUT2D eigenvalue weighted by Crippen LogP contribution is 2.20. The van der Waals surface area contributed by atoms with Gasteiger partial charge in [-0.3, -0.25) is 4.79 Å². The number of nitrogens with zero attached hydrogens (tertiary/aromatic N) is 2. The summed E-state index contributed by atoms with van der Waals surface area (Å²) in [6, 6.07) is 14.8. The molecular weight excluding hydrogens is 346 g/mol. The Morgan fingerprint density at radius 2 is 1.85 bits per heavy atom. The molecule has 1 heterocycles. The Balaban J connectivity index is 1.59. The van der Waals surface area contributed by atoms with E-state index in [4.69, 9.17) is 14.0 Å². The summed E-state index contributed by atoms with van der Waals surface area (Å²) in [5, 5.41) is 6.70. The molecule has 2 aromatic carbocycles. The number of carbonyl (C=O) groups excluding carboxylic acids is 1. The molecule has 7 heteroatoms. The maximum Gasteiger partial charge on any atom is 0.255 e. The third-order valence-electron chi connectivity index (χ3n) is 3.93. The summed E-state index contributed by atoms with van der Waals surface area (Å²) in [6.07, 6.45) is 0.668. The molecule has 140 valence electrons. The van der Waals surface area contributed by atoms with Crippen LogP contribution in [0.25, 0.3) is 0 Å². The number of para-hydroxylation sites is 2. The zero-order valence-corrected chi connectivity index (χ0v) is 15.3. The van der Waals surface area contributed by atoms with Crippen LogP contribution in [-0.2, 0) is 13.0 Å². The van der Waals surface area contributed by atoms with Crippen LogP contribution < -0.4 is 14.8 Å². The van der Waals surface area contributed by atoms with Gasteiger partial charge in [0.2, 0.25) is 11.7 Å². The molecule has 1 N–H and O–H groups in total. The summed E-state index contributed by atoms with van der Waals surface area (Å²) in [5.41, 5.74) is 1.50. The molecule has 0 radical (unpaired) electrons. The Bertz CT molecular complexity index is 908. The first kappa shape index (κ1) is 18.4. The van der Waals surface area contributed by atoms with E-state index in [1.54, 1.807) is 32.2 Å². The molecule has 0 aliphatic carbocycles. The number of hydrogen-bond acceptors (Lipinski definition) is 6. The molecule has 0 saturated heterocycles. The topological polar surface area (TPSA) is 86.5 Å². The van der Waals surface area contributed by atoms with Crippen LogP contribution in [-0.4, -0.2) is 29.7 Å². The number of ether oxygens (including phenoxy) is 2. The molecule has 7 nitrogen and oxygen atoms in total. The van der Waals surface area contributed by atoms with Crippen LogP contribution in [0.5, 0.6) is 11.5 Å². The molecule has 0 atom stereocenters. The lowest BCUT2D eigenvalue weighted by Crippen LogP contribution is -2.26. The van der Waals surface area contributed by atoms with Crippen LogP contribution in [0.2, 0.25) is 0 Å². The van der Waals surface area contributed by atoms with Gasteiger partial charge in [-0.05, 0) is 30.2 Å². The molecule has 0 aliphatic rings. The first-order valence-electron chi connectivity index (χ1n) is 8.58. The fraction of sp³-hybridized carbons (Fsp3) is 0.250. The SMILES string of the molecule is COc1ccccc1CCNC(=O)c1ccccc1OCc1noc(C)n1. The van der Waals surface area contributed by atoms with Crippen molar-refractivity contribution in [2.45, 2.75) is 20.0 Å². The highest BCUT2D eigenvalue weighted by Gasteiger charge is 2.13. The van der Waals surface area contributed by atoms with E-state index in [0.717, 1.165) is 11.3 Å². The number of aryl methyl sites for hydroxylation is 1. The molecule has 0 spiro atoms. The van der Waals surface area contributed by atoms with Gasteiger partial charge in [-0.2, -0.15) is 4.98 Å². The fourth-order valence-electron chi connectivity index (χ4n) is 2.64. The fourth-order valence-corrected chi connectivity index (χ4v) is 2.64. The van der Waals surface area contributed by atoms with Crippen LogP contribution in [0.15, 0.2) is 53.1 Å². The second-order valence-electron chi connectivity index (χ2n) is 5.83. The summed E-state index contributed by atoms with van der Waals surface area (Å²) >= 11 is 0. The Hall–Kier alpha value is -3.35. The summed E-state index contributed by atoms with van der Waals surface area (Å²) in [4.78, 5) is 16.6. The van der Waals surface area contributed by atoms with Gasteiger partial charge in [-0.15, -0.1) is 0 Å². The average molecular weight is 367 g/mol. The van der Waals surface area contributed by atoms with Crippen molar-refractivity contribution in [1.29, 1.82) is 0 Å². The Morgan fingerprint density at radius 1 is 1.11 bits per heavy atom. The van der Waals surface area contributed by atoms with E-state index >= 15 is 0 Å². The highest BCUT2D eigenvalue weighted by atomic mass is 16.5. The smallest absolute Gasteiger partial charge is 0.255 e. The molecule has 0 unspecified atom stereocenters. The molecule has 0 fully saturated rings. The van der Waals surface area contributed by atoms with Gasteiger partial charge in [-0.1, -0.05) is 35.5 Å². The molecule has 0 bridgehead atoms. The lowest BCUT2D eigenvalue weighted by Gasteiger charge is -2.11. The van der Waals surface area contributed by atoms with Crippen LogP contribution >= 0.6 is 0 Å².